The van der Waals surface area contributed by atoms with E-state index in [1.165, 1.54) is 12.1 Å². The maximum Gasteiger partial charge on any atom is 0.172 e. The molecule has 5 rings (SSSR count). The summed E-state index contributed by atoms with van der Waals surface area (Å²) in [6, 6.07) is 3.51. The van der Waals surface area contributed by atoms with Crippen molar-refractivity contribution in [1.29, 1.82) is 0 Å². The van der Waals surface area contributed by atoms with Gasteiger partial charge in [-0.1, -0.05) is 0 Å². The summed E-state index contributed by atoms with van der Waals surface area (Å²) in [4.78, 5) is 24.0. The molecular formula is C25H30F2N4O3. The number of carbonyl (C=O) groups excluding carboxylic acids is 1. The van der Waals surface area contributed by atoms with Crippen LogP contribution < -0.4 is 15.0 Å². The van der Waals surface area contributed by atoms with E-state index in [0.717, 1.165) is 36.1 Å². The second-order valence-electron chi connectivity index (χ2n) is 9.69. The number of hydrogen-bond acceptors (Lipinski definition) is 7. The quantitative estimate of drug-likeness (QED) is 0.666. The van der Waals surface area contributed by atoms with Crippen molar-refractivity contribution in [3.63, 3.8) is 0 Å². The minimum Gasteiger partial charge on any atom is -0.487 e. The van der Waals surface area contributed by atoms with Gasteiger partial charge in [0.25, 0.3) is 0 Å². The third-order valence-corrected chi connectivity index (χ3v) is 7.16. The zero-order chi connectivity index (χ0) is 23.8. The minimum atomic E-state index is -0.693. The van der Waals surface area contributed by atoms with Gasteiger partial charge in [-0.15, -0.1) is 0 Å². The maximum atomic E-state index is 14.0. The third kappa shape index (κ3) is 4.85. The number of aliphatic hydroxyl groups excluding tert-OH is 1. The Morgan fingerprint density at radius 1 is 1.15 bits per heavy atom. The zero-order valence-corrected chi connectivity index (χ0v) is 19.3. The lowest BCUT2D eigenvalue weighted by Gasteiger charge is -2.37. The first kappa shape index (κ1) is 23.0. The number of anilines is 2. The molecule has 1 saturated heterocycles. The largest absolute Gasteiger partial charge is 0.487 e. The Balaban J connectivity index is 1.31. The number of benzene rings is 1. The molecule has 182 valence electrons. The van der Waals surface area contributed by atoms with E-state index in [-0.39, 0.29) is 35.7 Å². The molecule has 2 heterocycles. The molecular weight excluding hydrogens is 442 g/mol. The molecule has 1 aliphatic heterocycles. The van der Waals surface area contributed by atoms with Gasteiger partial charge in [-0.2, -0.15) is 0 Å². The van der Waals surface area contributed by atoms with Gasteiger partial charge < -0.3 is 20.1 Å². The predicted molar refractivity (Wildman–Crippen MR) is 123 cm³/mol. The molecule has 2 aromatic rings. The van der Waals surface area contributed by atoms with Gasteiger partial charge in [0.15, 0.2) is 23.2 Å². The molecule has 7 nitrogen and oxygen atoms in total. The van der Waals surface area contributed by atoms with E-state index >= 15 is 0 Å². The normalized spacial score (nSPS) is 24.8. The number of aromatic nitrogens is 2. The van der Waals surface area contributed by atoms with Gasteiger partial charge in [0, 0.05) is 50.4 Å². The average Bonchev–Trinajstić information content (AvgIpc) is 2.79. The smallest absolute Gasteiger partial charge is 0.172 e. The van der Waals surface area contributed by atoms with Crippen molar-refractivity contribution >= 4 is 17.4 Å². The Kier molecular flexibility index (Phi) is 6.38. The number of ether oxygens (including phenoxy) is 1. The Morgan fingerprint density at radius 3 is 2.59 bits per heavy atom. The summed E-state index contributed by atoms with van der Waals surface area (Å²) >= 11 is 0. The number of aryl methyl sites for hydroxylation is 1. The van der Waals surface area contributed by atoms with Gasteiger partial charge in [0.05, 0.1) is 17.5 Å². The Morgan fingerprint density at radius 2 is 1.91 bits per heavy atom. The predicted octanol–water partition coefficient (Wildman–Crippen LogP) is 3.43. The van der Waals surface area contributed by atoms with Crippen LogP contribution in [0.3, 0.4) is 0 Å². The maximum absolute atomic E-state index is 14.0. The summed E-state index contributed by atoms with van der Waals surface area (Å²) in [6.07, 6.45) is 4.36. The summed E-state index contributed by atoms with van der Waals surface area (Å²) in [5, 5.41) is 13.2. The number of rotatable bonds is 6. The summed E-state index contributed by atoms with van der Waals surface area (Å²) < 4.78 is 33.0. The molecule has 3 aliphatic rings. The van der Waals surface area contributed by atoms with Crippen LogP contribution in [0.5, 0.6) is 5.75 Å². The van der Waals surface area contributed by atoms with E-state index in [1.807, 2.05) is 0 Å². The van der Waals surface area contributed by atoms with Crippen molar-refractivity contribution in [3.8, 4) is 5.75 Å². The van der Waals surface area contributed by atoms with Crippen LogP contribution in [0.4, 0.5) is 20.4 Å². The molecule has 1 saturated carbocycles. The molecule has 2 aliphatic carbocycles. The highest BCUT2D eigenvalue weighted by Gasteiger charge is 2.32. The molecule has 0 radical (unpaired) electrons. The number of fused-ring (bicyclic) bond motifs is 1. The molecule has 1 unspecified atom stereocenters. The van der Waals surface area contributed by atoms with E-state index in [1.54, 1.807) is 6.92 Å². The zero-order valence-electron chi connectivity index (χ0n) is 19.3. The van der Waals surface area contributed by atoms with Crippen molar-refractivity contribution in [3.05, 3.63) is 41.2 Å². The highest BCUT2D eigenvalue weighted by Crippen LogP contribution is 2.34. The molecule has 0 amide bonds. The number of Topliss-reactive ketones (excluding diaryl/α,β-unsaturated/α-hetero) is 1. The standard InChI is InChI=1S/C25H30F2N4O3/c1-14(32)15-2-4-21-22(10-15)29-24(28-17-12-18(33)13-17)25(30-21)31-8-6-19(7-9-31)34-23-5-3-16(26)11-20(23)27/h3,5,11,15,17-19,33H,2,4,6-10,12-13H2,1H3,(H,28,29). The third-order valence-electron chi connectivity index (χ3n) is 7.16. The van der Waals surface area contributed by atoms with Gasteiger partial charge in [-0.3, -0.25) is 4.79 Å². The van der Waals surface area contributed by atoms with E-state index in [4.69, 9.17) is 14.7 Å². The number of nitrogens with one attached hydrogen (secondary N) is 1. The fraction of sp³-hybridized carbons (Fsp3) is 0.560. The van der Waals surface area contributed by atoms with Crippen LogP contribution in [0.25, 0.3) is 0 Å². The number of carbonyl (C=O) groups is 1. The highest BCUT2D eigenvalue weighted by atomic mass is 19.1. The van der Waals surface area contributed by atoms with Gasteiger partial charge >= 0.3 is 0 Å². The van der Waals surface area contributed by atoms with Crippen molar-refractivity contribution in [2.45, 2.75) is 70.1 Å². The van der Waals surface area contributed by atoms with E-state index in [0.29, 0.717) is 51.0 Å². The number of nitrogens with zero attached hydrogens (tertiary/aromatic N) is 3. The van der Waals surface area contributed by atoms with Gasteiger partial charge in [-0.25, -0.2) is 18.7 Å². The van der Waals surface area contributed by atoms with Gasteiger partial charge in [0.2, 0.25) is 0 Å². The SMILES string of the molecule is CC(=O)C1CCc2nc(N3CCC(Oc4ccc(F)cc4F)CC3)c(NC3CC(O)C3)nc2C1. The van der Waals surface area contributed by atoms with Crippen molar-refractivity contribution in [2.24, 2.45) is 5.92 Å². The van der Waals surface area contributed by atoms with Crippen LogP contribution in [0.2, 0.25) is 0 Å². The molecule has 9 heteroatoms. The van der Waals surface area contributed by atoms with E-state index in [9.17, 15) is 18.7 Å². The fourth-order valence-electron chi connectivity index (χ4n) is 5.00. The lowest BCUT2D eigenvalue weighted by molar-refractivity contribution is -0.121. The van der Waals surface area contributed by atoms with Crippen LogP contribution in [-0.2, 0) is 17.6 Å². The highest BCUT2D eigenvalue weighted by molar-refractivity contribution is 5.79. The Labute approximate surface area is 197 Å². The van der Waals surface area contributed by atoms with E-state index < -0.39 is 11.6 Å². The first-order valence-corrected chi connectivity index (χ1v) is 12.1. The second-order valence-corrected chi connectivity index (χ2v) is 9.69. The first-order chi connectivity index (χ1) is 16.4. The van der Waals surface area contributed by atoms with Crippen LogP contribution >= 0.6 is 0 Å². The van der Waals surface area contributed by atoms with Crippen molar-refractivity contribution in [1.82, 2.24) is 9.97 Å². The number of aliphatic hydroxyl groups is 1. The Bertz CT molecular complexity index is 1070. The first-order valence-electron chi connectivity index (χ1n) is 12.1. The second kappa shape index (κ2) is 9.44. The average molecular weight is 473 g/mol. The summed E-state index contributed by atoms with van der Waals surface area (Å²) in [5.74, 6) is 0.412. The van der Waals surface area contributed by atoms with Crippen molar-refractivity contribution < 1.29 is 23.4 Å². The number of piperidine rings is 1. The molecule has 1 aromatic heterocycles. The fourth-order valence-corrected chi connectivity index (χ4v) is 5.00. The van der Waals surface area contributed by atoms with Gasteiger partial charge in [0.1, 0.15) is 17.7 Å². The van der Waals surface area contributed by atoms with Crippen molar-refractivity contribution in [2.75, 3.05) is 23.3 Å². The van der Waals surface area contributed by atoms with Crippen LogP contribution in [0, 0.1) is 17.6 Å². The summed E-state index contributed by atoms with van der Waals surface area (Å²) in [7, 11) is 0. The molecule has 2 fully saturated rings. The topological polar surface area (TPSA) is 87.6 Å². The Hall–Kier alpha value is -2.81. The lowest BCUT2D eigenvalue weighted by atomic mass is 9.86. The van der Waals surface area contributed by atoms with Gasteiger partial charge in [-0.05, 0) is 44.7 Å². The number of hydrogen-bond donors (Lipinski definition) is 2. The number of ketones is 1. The van der Waals surface area contributed by atoms with E-state index in [2.05, 4.69) is 10.2 Å². The monoisotopic (exact) mass is 472 g/mol. The summed E-state index contributed by atoms with van der Waals surface area (Å²) in [5.41, 5.74) is 1.82. The van der Waals surface area contributed by atoms with Crippen LogP contribution in [-0.4, -0.2) is 52.2 Å². The lowest BCUT2D eigenvalue weighted by Crippen LogP contribution is -2.42. The molecule has 34 heavy (non-hydrogen) atoms. The molecule has 1 atom stereocenters. The molecule has 2 N–H and O–H groups in total. The molecule has 1 aromatic carbocycles. The van der Waals surface area contributed by atoms with Crippen LogP contribution in [0.1, 0.15) is 50.4 Å². The molecule has 0 bridgehead atoms. The van der Waals surface area contributed by atoms with Crippen LogP contribution in [0.15, 0.2) is 18.2 Å². The summed E-state index contributed by atoms with van der Waals surface area (Å²) in [6.45, 7) is 2.97. The molecule has 0 spiro atoms. The minimum absolute atomic E-state index is 0.00854. The number of halogens is 2.